The Hall–Kier alpha value is -2.42. The van der Waals surface area contributed by atoms with Gasteiger partial charge in [-0.3, -0.25) is 14.9 Å². The molecule has 5 nitrogen and oxygen atoms in total. The summed E-state index contributed by atoms with van der Waals surface area (Å²) in [5.41, 5.74) is 0.488. The third-order valence-electron chi connectivity index (χ3n) is 4.41. The number of hydrogen-bond donors (Lipinski definition) is 0. The fraction of sp³-hybridized carbons (Fsp3) is 0.278. The Kier molecular flexibility index (Phi) is 5.23. The minimum atomic E-state index is -4.95. The van der Waals surface area contributed by atoms with Gasteiger partial charge in [0, 0.05) is 26.9 Å². The lowest BCUT2D eigenvalue weighted by Gasteiger charge is -2.35. The molecule has 0 aliphatic carbocycles. The summed E-state index contributed by atoms with van der Waals surface area (Å²) in [6.07, 6.45) is -8.01. The number of Topliss-reactive ketones (excluding diaryl/α,β-unsaturated/α-hetero) is 1. The second-order valence-electron chi connectivity index (χ2n) is 6.14. The quantitative estimate of drug-likeness (QED) is 0.387. The van der Waals surface area contributed by atoms with Gasteiger partial charge in [0.25, 0.3) is 12.1 Å². The summed E-state index contributed by atoms with van der Waals surface area (Å²) in [5.74, 6) is -1.86. The minimum Gasteiger partial charge on any atom is -0.473 e. The summed E-state index contributed by atoms with van der Waals surface area (Å²) >= 11 is 3.21. The van der Waals surface area contributed by atoms with E-state index >= 15 is 0 Å². The number of ether oxygens (including phenoxy) is 1. The van der Waals surface area contributed by atoms with Crippen LogP contribution >= 0.6 is 15.9 Å². The van der Waals surface area contributed by atoms with Crippen molar-refractivity contribution in [2.45, 2.75) is 30.7 Å². The molecule has 27 heavy (non-hydrogen) atoms. The minimum absolute atomic E-state index is 0.107. The molecule has 0 aromatic heterocycles. The van der Waals surface area contributed by atoms with E-state index in [0.717, 1.165) is 0 Å². The lowest BCUT2D eigenvalue weighted by molar-refractivity contribution is -0.548. The maximum Gasteiger partial charge on any atom is 0.432 e. The van der Waals surface area contributed by atoms with E-state index in [4.69, 9.17) is 4.74 Å². The molecule has 0 spiro atoms. The average Bonchev–Trinajstić information content (AvgIpc) is 2.61. The van der Waals surface area contributed by atoms with Crippen molar-refractivity contribution in [3.05, 3.63) is 74.2 Å². The summed E-state index contributed by atoms with van der Waals surface area (Å²) in [5, 5.41) is 11.5. The zero-order valence-electron chi connectivity index (χ0n) is 13.7. The van der Waals surface area contributed by atoms with Gasteiger partial charge < -0.3 is 4.74 Å². The lowest BCUT2D eigenvalue weighted by atomic mass is 9.81. The van der Waals surface area contributed by atoms with Gasteiger partial charge in [-0.05, 0) is 18.2 Å². The van der Waals surface area contributed by atoms with Crippen molar-refractivity contribution in [2.24, 2.45) is 0 Å². The molecule has 0 saturated carbocycles. The van der Waals surface area contributed by atoms with Gasteiger partial charge in [0.05, 0.1) is 5.92 Å². The van der Waals surface area contributed by atoms with Crippen molar-refractivity contribution < 1.29 is 27.6 Å². The van der Waals surface area contributed by atoms with Gasteiger partial charge in [-0.15, -0.1) is 0 Å². The monoisotopic (exact) mass is 443 g/mol. The molecule has 2 aromatic carbocycles. The molecule has 9 heteroatoms. The zero-order valence-corrected chi connectivity index (χ0v) is 15.2. The fourth-order valence-electron chi connectivity index (χ4n) is 3.21. The second-order valence-corrected chi connectivity index (χ2v) is 7.05. The van der Waals surface area contributed by atoms with Crippen molar-refractivity contribution in [1.82, 2.24) is 0 Å². The van der Waals surface area contributed by atoms with Gasteiger partial charge in [-0.1, -0.05) is 46.3 Å². The van der Waals surface area contributed by atoms with Crippen molar-refractivity contribution in [1.29, 1.82) is 0 Å². The number of nitrogens with zero attached hydrogens (tertiary/aromatic N) is 1. The van der Waals surface area contributed by atoms with Gasteiger partial charge >= 0.3 is 6.18 Å². The molecule has 3 atom stereocenters. The zero-order chi connectivity index (χ0) is 19.8. The molecule has 1 aliphatic heterocycles. The summed E-state index contributed by atoms with van der Waals surface area (Å²) < 4.78 is 45.8. The smallest absolute Gasteiger partial charge is 0.432 e. The van der Waals surface area contributed by atoms with E-state index in [1.807, 2.05) is 0 Å². The van der Waals surface area contributed by atoms with Crippen LogP contribution in [-0.4, -0.2) is 29.0 Å². The first-order valence-corrected chi connectivity index (χ1v) is 8.72. The molecule has 2 aromatic rings. The van der Waals surface area contributed by atoms with Crippen molar-refractivity contribution in [3.8, 4) is 5.75 Å². The third kappa shape index (κ3) is 3.97. The molecule has 142 valence electrons. The second kappa shape index (κ2) is 7.30. The summed E-state index contributed by atoms with van der Waals surface area (Å²) in [4.78, 5) is 23.1. The predicted molar refractivity (Wildman–Crippen MR) is 93.5 cm³/mol. The number of fused-ring (bicyclic) bond motifs is 1. The highest BCUT2D eigenvalue weighted by Gasteiger charge is 2.59. The van der Waals surface area contributed by atoms with Crippen molar-refractivity contribution in [3.63, 3.8) is 0 Å². The first-order valence-electron chi connectivity index (χ1n) is 7.93. The van der Waals surface area contributed by atoms with E-state index < -0.39 is 41.4 Å². The van der Waals surface area contributed by atoms with E-state index in [1.54, 1.807) is 18.2 Å². The van der Waals surface area contributed by atoms with Gasteiger partial charge in [-0.25, -0.2) is 0 Å². The number of carbonyl (C=O) groups is 1. The molecule has 0 radical (unpaired) electrons. The normalized spacial score (nSPS) is 21.9. The van der Waals surface area contributed by atoms with Crippen LogP contribution in [0.5, 0.6) is 5.75 Å². The molecule has 1 heterocycles. The van der Waals surface area contributed by atoms with Crippen molar-refractivity contribution in [2.75, 3.05) is 0 Å². The molecule has 3 rings (SSSR count). The number of nitro groups is 1. The predicted octanol–water partition coefficient (Wildman–Crippen LogP) is 4.77. The lowest BCUT2D eigenvalue weighted by Crippen LogP contribution is -2.53. The molecular formula is C18H13BrF3NO4. The topological polar surface area (TPSA) is 69.4 Å². The summed E-state index contributed by atoms with van der Waals surface area (Å²) in [7, 11) is 0. The van der Waals surface area contributed by atoms with Crippen LogP contribution in [0, 0.1) is 10.1 Å². The number of rotatable bonds is 4. The Labute approximate surface area is 160 Å². The maximum atomic E-state index is 13.4. The Morgan fingerprint density at radius 1 is 1.19 bits per heavy atom. The van der Waals surface area contributed by atoms with Crippen LogP contribution in [-0.2, 0) is 0 Å². The first-order chi connectivity index (χ1) is 12.7. The molecule has 0 fully saturated rings. The molecular weight excluding hydrogens is 431 g/mol. The van der Waals surface area contributed by atoms with Crippen molar-refractivity contribution >= 4 is 21.7 Å². The number of benzene rings is 2. The number of halogens is 4. The highest BCUT2D eigenvalue weighted by atomic mass is 79.9. The molecule has 0 bridgehead atoms. The molecule has 0 unspecified atom stereocenters. The Morgan fingerprint density at radius 2 is 1.85 bits per heavy atom. The maximum absolute atomic E-state index is 13.4. The Morgan fingerprint density at radius 3 is 2.44 bits per heavy atom. The number of hydrogen-bond acceptors (Lipinski definition) is 4. The third-order valence-corrected chi connectivity index (χ3v) is 4.91. The number of ketones is 1. The largest absolute Gasteiger partial charge is 0.473 e. The van der Waals surface area contributed by atoms with Crippen LogP contribution < -0.4 is 4.74 Å². The molecule has 0 amide bonds. The SMILES string of the molecule is O=C(C[C@H]1c2cc(Br)ccc2O[C@H](C(F)(F)F)[C@H]1[N+](=O)[O-])c1ccccc1. The number of carbonyl (C=O) groups excluding carboxylic acids is 1. The van der Waals surface area contributed by atoms with Crippen LogP contribution in [0.3, 0.4) is 0 Å². The van der Waals surface area contributed by atoms with E-state index in [9.17, 15) is 28.1 Å². The van der Waals surface area contributed by atoms with Crippen LogP contribution in [0.25, 0.3) is 0 Å². The van der Waals surface area contributed by atoms with Crippen LogP contribution in [0.15, 0.2) is 53.0 Å². The standard InChI is InChI=1S/C18H13BrF3NO4/c19-11-6-7-15-12(8-11)13(9-14(24)10-4-2-1-3-5-10)16(23(25)26)17(27-15)18(20,21)22/h1-8,13,16-17H,9H2/t13-,16-,17-/m0/s1. The van der Waals surface area contributed by atoms with Gasteiger partial charge in [-0.2, -0.15) is 13.2 Å². The van der Waals surface area contributed by atoms with Gasteiger partial charge in [0.15, 0.2) is 5.78 Å². The van der Waals surface area contributed by atoms with E-state index in [0.29, 0.717) is 4.47 Å². The average molecular weight is 444 g/mol. The van der Waals surface area contributed by atoms with Gasteiger partial charge in [0.1, 0.15) is 5.75 Å². The summed E-state index contributed by atoms with van der Waals surface area (Å²) in [6, 6.07) is 10.1. The van der Waals surface area contributed by atoms with E-state index in [1.165, 1.54) is 30.3 Å². The molecule has 0 saturated heterocycles. The van der Waals surface area contributed by atoms with Crippen LogP contribution in [0.4, 0.5) is 13.2 Å². The Balaban J connectivity index is 2.07. The summed E-state index contributed by atoms with van der Waals surface area (Å²) in [6.45, 7) is 0. The molecule has 1 aliphatic rings. The first kappa shape index (κ1) is 19.3. The fourth-order valence-corrected chi connectivity index (χ4v) is 3.59. The molecule has 0 N–H and O–H groups in total. The van der Waals surface area contributed by atoms with E-state index in [-0.39, 0.29) is 16.9 Å². The van der Waals surface area contributed by atoms with Crippen LogP contribution in [0.1, 0.15) is 28.3 Å². The highest BCUT2D eigenvalue weighted by molar-refractivity contribution is 9.10. The highest BCUT2D eigenvalue weighted by Crippen LogP contribution is 2.45. The Bertz CT molecular complexity index is 873. The van der Waals surface area contributed by atoms with Crippen LogP contribution in [0.2, 0.25) is 0 Å². The number of alkyl halides is 3. The van der Waals surface area contributed by atoms with Gasteiger partial charge in [0.2, 0.25) is 0 Å². The van der Waals surface area contributed by atoms with E-state index in [2.05, 4.69) is 15.9 Å².